The number of morpholine rings is 1. The van der Waals surface area contributed by atoms with Crippen molar-refractivity contribution in [3.63, 3.8) is 0 Å². The van der Waals surface area contributed by atoms with E-state index in [2.05, 4.69) is 54.9 Å². The molecule has 34 heavy (non-hydrogen) atoms. The van der Waals surface area contributed by atoms with Crippen molar-refractivity contribution in [1.29, 1.82) is 0 Å². The molecule has 0 aliphatic carbocycles. The Kier molecular flexibility index (Phi) is 5.95. The van der Waals surface area contributed by atoms with Crippen molar-refractivity contribution in [2.24, 2.45) is 0 Å². The molecule has 1 aromatic carbocycles. The molecule has 5 rings (SSSR count). The second-order valence-electron chi connectivity index (χ2n) is 9.28. The largest absolute Gasteiger partial charge is 0.377 e. The molecular weight excluding hydrogens is 430 g/mol. The van der Waals surface area contributed by atoms with E-state index < -0.39 is 0 Å². The van der Waals surface area contributed by atoms with Gasteiger partial charge in [0.1, 0.15) is 17.8 Å². The van der Waals surface area contributed by atoms with Gasteiger partial charge in [0.05, 0.1) is 13.2 Å². The Bertz CT molecular complexity index is 1150. The zero-order valence-electron chi connectivity index (χ0n) is 20.1. The van der Waals surface area contributed by atoms with Gasteiger partial charge >= 0.3 is 6.03 Å². The lowest BCUT2D eigenvalue weighted by molar-refractivity contribution is 0.0757. The lowest BCUT2D eigenvalue weighted by Crippen LogP contribution is -2.49. The summed E-state index contributed by atoms with van der Waals surface area (Å²) < 4.78 is 7.63. The van der Waals surface area contributed by atoms with E-state index in [9.17, 15) is 4.79 Å². The number of hydrogen-bond donors (Lipinski definition) is 0. The van der Waals surface area contributed by atoms with E-state index in [-0.39, 0.29) is 12.1 Å². The van der Waals surface area contributed by atoms with Crippen molar-refractivity contribution < 1.29 is 9.53 Å². The molecule has 0 radical (unpaired) electrons. The molecule has 2 aliphatic heterocycles. The first-order valence-electron chi connectivity index (χ1n) is 11.9. The van der Waals surface area contributed by atoms with E-state index in [4.69, 9.17) is 9.72 Å². The van der Waals surface area contributed by atoms with Gasteiger partial charge in [-0.25, -0.2) is 9.78 Å². The third-order valence-corrected chi connectivity index (χ3v) is 6.51. The molecule has 178 valence electrons. The van der Waals surface area contributed by atoms with E-state index in [0.29, 0.717) is 42.5 Å². The normalized spacial score (nSPS) is 21.1. The maximum atomic E-state index is 13.3. The summed E-state index contributed by atoms with van der Waals surface area (Å²) in [6.07, 6.45) is 1.71. The fourth-order valence-electron chi connectivity index (χ4n) is 4.81. The molecule has 3 aromatic rings. The third-order valence-electron chi connectivity index (χ3n) is 6.51. The zero-order valence-corrected chi connectivity index (χ0v) is 20.1. The number of carbonyl (C=O) groups is 1. The maximum absolute atomic E-state index is 13.3. The summed E-state index contributed by atoms with van der Waals surface area (Å²) in [5, 5.41) is 8.28. The van der Waals surface area contributed by atoms with Crippen LogP contribution in [0.5, 0.6) is 0 Å². The third kappa shape index (κ3) is 4.00. The van der Waals surface area contributed by atoms with Crippen molar-refractivity contribution in [2.75, 3.05) is 41.0 Å². The average Bonchev–Trinajstić information content (AvgIpc) is 3.47. The lowest BCUT2D eigenvalue weighted by Gasteiger charge is -2.40. The topological polar surface area (TPSA) is 79.6 Å². The fraction of sp³-hybridized carbons (Fsp3) is 0.440. The Hall–Kier alpha value is -3.46. The van der Waals surface area contributed by atoms with Crippen LogP contribution in [-0.4, -0.2) is 64.2 Å². The summed E-state index contributed by atoms with van der Waals surface area (Å²) in [4.78, 5) is 24.0. The van der Waals surface area contributed by atoms with Crippen LogP contribution in [0.3, 0.4) is 0 Å². The molecular formula is C25H31N7O2. The van der Waals surface area contributed by atoms with Gasteiger partial charge in [-0.1, -0.05) is 6.07 Å². The van der Waals surface area contributed by atoms with Crippen LogP contribution in [-0.2, 0) is 4.74 Å². The molecule has 2 aromatic heterocycles. The molecule has 0 spiro atoms. The van der Waals surface area contributed by atoms with E-state index in [0.717, 1.165) is 24.6 Å². The lowest BCUT2D eigenvalue weighted by atomic mass is 10.1. The van der Waals surface area contributed by atoms with Crippen molar-refractivity contribution in [1.82, 2.24) is 19.7 Å². The maximum Gasteiger partial charge on any atom is 0.330 e. The number of benzene rings is 1. The smallest absolute Gasteiger partial charge is 0.330 e. The van der Waals surface area contributed by atoms with E-state index in [1.165, 1.54) is 0 Å². The summed E-state index contributed by atoms with van der Waals surface area (Å²) in [7, 11) is 0. The van der Waals surface area contributed by atoms with Gasteiger partial charge in [0.25, 0.3) is 0 Å². The van der Waals surface area contributed by atoms with Crippen LogP contribution in [0.15, 0.2) is 48.8 Å². The van der Waals surface area contributed by atoms with Gasteiger partial charge in [-0.15, -0.1) is 10.2 Å². The van der Waals surface area contributed by atoms with Gasteiger partial charge < -0.3 is 14.2 Å². The highest BCUT2D eigenvalue weighted by atomic mass is 16.5. The Balaban J connectivity index is 1.34. The number of nitrogens with zero attached hydrogens (tertiary/aromatic N) is 7. The predicted molar refractivity (Wildman–Crippen MR) is 132 cm³/mol. The predicted octanol–water partition coefficient (Wildman–Crippen LogP) is 3.98. The molecule has 0 N–H and O–H groups in total. The van der Waals surface area contributed by atoms with Crippen molar-refractivity contribution in [3.05, 3.63) is 48.8 Å². The number of ether oxygens (including phenoxy) is 1. The standard InChI is InChI=1S/C25H31N7O2/c1-17(2)31-16-26-28-24(31)22-6-5-7-23(27-22)30-13-12-29(25(30)33)20-8-10-21(11-9-20)32-18(3)14-34-15-19(32)4/h5-11,16-19H,12-15H2,1-4H3/t18-,19+. The van der Waals surface area contributed by atoms with Gasteiger partial charge in [-0.2, -0.15) is 0 Å². The van der Waals surface area contributed by atoms with Crippen molar-refractivity contribution in [2.45, 2.75) is 45.8 Å². The Morgan fingerprint density at radius 2 is 1.62 bits per heavy atom. The molecule has 0 unspecified atom stereocenters. The summed E-state index contributed by atoms with van der Waals surface area (Å²) >= 11 is 0. The van der Waals surface area contributed by atoms with Crippen LogP contribution in [0.4, 0.5) is 22.0 Å². The molecule has 9 nitrogen and oxygen atoms in total. The number of urea groups is 1. The number of rotatable bonds is 5. The van der Waals surface area contributed by atoms with Crippen LogP contribution in [0.1, 0.15) is 33.7 Å². The average molecular weight is 462 g/mol. The first kappa shape index (κ1) is 22.3. The van der Waals surface area contributed by atoms with Crippen LogP contribution in [0, 0.1) is 0 Å². The Morgan fingerprint density at radius 3 is 2.32 bits per heavy atom. The fourth-order valence-corrected chi connectivity index (χ4v) is 4.81. The van der Waals surface area contributed by atoms with Crippen LogP contribution in [0.25, 0.3) is 11.5 Å². The Labute approximate surface area is 200 Å². The monoisotopic (exact) mass is 461 g/mol. The molecule has 2 fully saturated rings. The highest BCUT2D eigenvalue weighted by molar-refractivity contribution is 6.05. The summed E-state index contributed by atoms with van der Waals surface area (Å²) in [5.74, 6) is 1.32. The molecule has 9 heteroatoms. The molecule has 2 saturated heterocycles. The summed E-state index contributed by atoms with van der Waals surface area (Å²) in [6.45, 7) is 11.1. The van der Waals surface area contributed by atoms with Crippen LogP contribution < -0.4 is 14.7 Å². The number of carbonyl (C=O) groups excluding carboxylic acids is 1. The van der Waals surface area contributed by atoms with Gasteiger partial charge in [0, 0.05) is 42.6 Å². The summed E-state index contributed by atoms with van der Waals surface area (Å²) in [5.41, 5.74) is 2.74. The van der Waals surface area contributed by atoms with Gasteiger partial charge in [0.2, 0.25) is 0 Å². The quantitative estimate of drug-likeness (QED) is 0.572. The highest BCUT2D eigenvalue weighted by Gasteiger charge is 2.32. The van der Waals surface area contributed by atoms with Gasteiger partial charge in [-0.05, 0) is 64.1 Å². The minimum Gasteiger partial charge on any atom is -0.377 e. The number of pyridine rings is 1. The molecule has 2 atom stereocenters. The van der Waals surface area contributed by atoms with E-state index >= 15 is 0 Å². The highest BCUT2D eigenvalue weighted by Crippen LogP contribution is 2.30. The van der Waals surface area contributed by atoms with Crippen molar-refractivity contribution >= 4 is 23.2 Å². The second kappa shape index (κ2) is 9.06. The number of anilines is 3. The SMILES string of the molecule is CC(C)n1cnnc1-c1cccc(N2CCN(c3ccc(N4[C@H](C)COC[C@@H]4C)cc3)C2=O)n1. The van der Waals surface area contributed by atoms with Gasteiger partial charge in [-0.3, -0.25) is 9.80 Å². The van der Waals surface area contributed by atoms with Crippen LogP contribution in [0.2, 0.25) is 0 Å². The number of amides is 2. The van der Waals surface area contributed by atoms with Crippen LogP contribution >= 0.6 is 0 Å². The number of hydrogen-bond acceptors (Lipinski definition) is 6. The first-order chi connectivity index (χ1) is 16.4. The minimum atomic E-state index is -0.0733. The van der Waals surface area contributed by atoms with E-state index in [1.807, 2.05) is 34.9 Å². The molecule has 4 heterocycles. The van der Waals surface area contributed by atoms with E-state index in [1.54, 1.807) is 16.1 Å². The number of aromatic nitrogens is 4. The minimum absolute atomic E-state index is 0.0733. The summed E-state index contributed by atoms with van der Waals surface area (Å²) in [6, 6.07) is 14.7. The Morgan fingerprint density at radius 1 is 0.941 bits per heavy atom. The molecule has 0 bridgehead atoms. The van der Waals surface area contributed by atoms with Gasteiger partial charge in [0.15, 0.2) is 5.82 Å². The zero-order chi connectivity index (χ0) is 23.8. The molecule has 2 amide bonds. The molecule has 0 saturated carbocycles. The second-order valence-corrected chi connectivity index (χ2v) is 9.28. The first-order valence-corrected chi connectivity index (χ1v) is 11.9. The van der Waals surface area contributed by atoms with Crippen molar-refractivity contribution in [3.8, 4) is 11.5 Å². The molecule has 2 aliphatic rings.